The minimum Gasteiger partial charge on any atom is -0.504 e. The number of rotatable bonds is 4. The van der Waals surface area contributed by atoms with Gasteiger partial charge >= 0.3 is 41.1 Å². The van der Waals surface area contributed by atoms with Crippen molar-refractivity contribution in [3.05, 3.63) is 96.2 Å². The van der Waals surface area contributed by atoms with Gasteiger partial charge in [-0.25, -0.2) is 33.6 Å². The highest BCUT2D eigenvalue weighted by Gasteiger charge is 2.56. The normalized spacial score (nSPS) is 18.2. The summed E-state index contributed by atoms with van der Waals surface area (Å²) in [5.74, 6) is -41.1. The van der Waals surface area contributed by atoms with E-state index in [9.17, 15) is 116 Å². The Balaban J connectivity index is 1.23. The zero-order valence-electron chi connectivity index (χ0n) is 42.8. The van der Waals surface area contributed by atoms with Gasteiger partial charge in [0, 0.05) is 44.2 Å². The lowest BCUT2D eigenvalue weighted by Gasteiger charge is -2.43. The molecule has 5 heterocycles. The van der Waals surface area contributed by atoms with Crippen molar-refractivity contribution >= 4 is 62.6 Å². The molecule has 88 heavy (non-hydrogen) atoms. The highest BCUT2D eigenvalue weighted by atomic mass is 16.6. The van der Waals surface area contributed by atoms with Crippen LogP contribution in [0.25, 0.3) is 55.0 Å². The fourth-order valence-corrected chi connectivity index (χ4v) is 11.1. The third-order valence-electron chi connectivity index (χ3n) is 15.0. The first-order valence-electron chi connectivity index (χ1n) is 24.5. The van der Waals surface area contributed by atoms with E-state index in [4.69, 9.17) is 32.5 Å². The van der Waals surface area contributed by atoms with Crippen molar-refractivity contribution in [3.8, 4) is 131 Å². The van der Waals surface area contributed by atoms with Crippen LogP contribution < -0.4 is 11.3 Å². The van der Waals surface area contributed by atoms with Gasteiger partial charge in [0.25, 0.3) is 0 Å². The molecule has 19 N–H and O–H groups in total. The second-order valence-electron chi connectivity index (χ2n) is 19.7. The molecule has 5 atom stereocenters. The highest BCUT2D eigenvalue weighted by Crippen LogP contribution is 2.62. The van der Waals surface area contributed by atoms with Crippen LogP contribution in [0.1, 0.15) is 68.8 Å². The number of phenolic OH excluding ortho intramolecular Hbond substituents is 19. The Bertz CT molecular complexity index is 4850. The number of hydrogen-bond donors (Lipinski definition) is 19. The minimum atomic E-state index is -3.17. The van der Waals surface area contributed by atoms with Crippen LogP contribution in [-0.2, 0) is 23.7 Å². The lowest BCUT2D eigenvalue weighted by atomic mass is 9.73. The number of fused-ring (bicyclic) bond motifs is 7. The summed E-state index contributed by atoms with van der Waals surface area (Å²) in [6, 6.07) is 2.32. The molecule has 2 bridgehead atoms. The Hall–Kier alpha value is -13.0. The maximum Gasteiger partial charge on any atom is 0.344 e. The quantitative estimate of drug-likeness (QED) is 0.0396. The number of carbonyl (C=O) groups excluding carboxylic acids is 5. The topological polar surface area (TPSA) is 576 Å². The summed E-state index contributed by atoms with van der Waals surface area (Å²) in [7, 11) is 0. The molecular weight excluding hydrogens is 1190 g/mol. The molecule has 1 unspecified atom stereocenters. The fraction of sp³-hybridized carbons (Fsp3) is 0.109. The lowest BCUT2D eigenvalue weighted by molar-refractivity contribution is -0.135. The van der Waals surface area contributed by atoms with Crippen LogP contribution >= 0.6 is 0 Å². The van der Waals surface area contributed by atoms with Crippen LogP contribution in [0.5, 0.6) is 109 Å². The Kier molecular flexibility index (Phi) is 11.9. The first-order valence-corrected chi connectivity index (χ1v) is 24.5. The molecule has 0 fully saturated rings. The summed E-state index contributed by atoms with van der Waals surface area (Å²) in [6.45, 7) is -1.71. The third-order valence-corrected chi connectivity index (χ3v) is 15.0. The van der Waals surface area contributed by atoms with Crippen LogP contribution in [0, 0.1) is 0 Å². The molecule has 0 saturated carbocycles. The predicted octanol–water partition coefficient (Wildman–Crippen LogP) is 3.06. The zero-order valence-corrected chi connectivity index (χ0v) is 42.8. The summed E-state index contributed by atoms with van der Waals surface area (Å²) < 4.78 is 39.7. The SMILES string of the molecule is O=C(OC1COC(=O)c2cc(O)c(O)c(O)c2-c2c(cc(O)c(O)c2O)C(=O)O[C@H]1[C@@H]1OC(=O)c2cc(O)c(O)c(O)c2-c2c(O)c(O)c(O)c3c2C(=O)O[C@H]1[C@@H]3c1c(O)c(O)c2oc(=O)c3cc(O)c(O)c4oc(=O)c1c2c43)c1cc(O)c(O)c(O)c1. The Morgan fingerprint density at radius 2 is 0.818 bits per heavy atom. The molecule has 33 nitrogen and oxygen atoms in total. The van der Waals surface area contributed by atoms with Gasteiger partial charge in [-0.3, -0.25) is 0 Å². The largest absolute Gasteiger partial charge is 0.504 e. The molecule has 12 rings (SSSR count). The highest BCUT2D eigenvalue weighted by molar-refractivity contribution is 6.23. The summed E-state index contributed by atoms with van der Waals surface area (Å²) in [5, 5.41) is 209. The number of cyclic esters (lactones) is 3. The first kappa shape index (κ1) is 55.6. The minimum absolute atomic E-state index is 0.242. The number of aromatic hydroxyl groups is 19. The van der Waals surface area contributed by atoms with Gasteiger partial charge in [-0.1, -0.05) is 0 Å². The smallest absolute Gasteiger partial charge is 0.344 e. The van der Waals surface area contributed by atoms with Crippen molar-refractivity contribution in [2.45, 2.75) is 30.3 Å². The number of ether oxygens (including phenoxy) is 5. The van der Waals surface area contributed by atoms with E-state index in [2.05, 4.69) is 0 Å². The van der Waals surface area contributed by atoms with E-state index in [1.807, 2.05) is 0 Å². The maximum atomic E-state index is 15.3. The van der Waals surface area contributed by atoms with E-state index in [0.717, 1.165) is 0 Å². The van der Waals surface area contributed by atoms with Gasteiger partial charge in [0.1, 0.15) is 6.61 Å². The van der Waals surface area contributed by atoms with Crippen LogP contribution in [0.2, 0.25) is 0 Å². The summed E-state index contributed by atoms with van der Waals surface area (Å²) in [5.41, 5.74) is -19.5. The van der Waals surface area contributed by atoms with Crippen molar-refractivity contribution in [2.75, 3.05) is 6.61 Å². The maximum absolute atomic E-state index is 15.3. The Labute approximate surface area is 479 Å². The molecule has 450 valence electrons. The molecule has 0 aliphatic carbocycles. The van der Waals surface area contributed by atoms with Gasteiger partial charge in [-0.2, -0.15) is 0 Å². The number of phenols is 19. The molecule has 33 heteroatoms. The van der Waals surface area contributed by atoms with Gasteiger partial charge in [0.2, 0.25) is 34.5 Å². The van der Waals surface area contributed by atoms with Gasteiger partial charge in [0.15, 0.2) is 110 Å². The van der Waals surface area contributed by atoms with Crippen molar-refractivity contribution in [2.24, 2.45) is 0 Å². The van der Waals surface area contributed by atoms with Crippen LogP contribution in [0.4, 0.5) is 0 Å². The molecule has 3 aliphatic heterocycles. The van der Waals surface area contributed by atoms with E-state index < -0.39 is 281 Å². The number of benzene rings is 7. The van der Waals surface area contributed by atoms with Crippen molar-refractivity contribution in [1.29, 1.82) is 0 Å². The zero-order chi connectivity index (χ0) is 63.6. The molecular formula is C55H32O33. The molecule has 0 radical (unpaired) electrons. The third kappa shape index (κ3) is 7.55. The Morgan fingerprint density at radius 3 is 1.38 bits per heavy atom. The Morgan fingerprint density at radius 1 is 0.375 bits per heavy atom. The molecule has 0 spiro atoms. The van der Waals surface area contributed by atoms with Gasteiger partial charge < -0.3 is 130 Å². The van der Waals surface area contributed by atoms with Crippen LogP contribution in [0.3, 0.4) is 0 Å². The van der Waals surface area contributed by atoms with E-state index in [0.29, 0.717) is 24.3 Å². The number of carbonyl (C=O) groups is 5. The van der Waals surface area contributed by atoms with E-state index >= 15 is 14.4 Å². The average molecular weight is 1220 g/mol. The monoisotopic (exact) mass is 1220 g/mol. The second-order valence-corrected chi connectivity index (χ2v) is 19.7. The number of esters is 5. The van der Waals surface area contributed by atoms with E-state index in [-0.39, 0.29) is 12.1 Å². The van der Waals surface area contributed by atoms with E-state index in [1.54, 1.807) is 0 Å². The average Bonchev–Trinajstić information content (AvgIpc) is 0.719. The van der Waals surface area contributed by atoms with Gasteiger partial charge in [-0.15, -0.1) is 0 Å². The predicted molar refractivity (Wildman–Crippen MR) is 278 cm³/mol. The molecule has 0 saturated heterocycles. The van der Waals surface area contributed by atoms with Crippen molar-refractivity contribution in [3.63, 3.8) is 0 Å². The summed E-state index contributed by atoms with van der Waals surface area (Å²) in [4.78, 5) is 103. The standard InChI is InChI=1S/C55H32O33/c56-13-1-8(2-14(57)31(13)62)49(75)83-19-7-82-50(76)9-3-15(58)32(63)36(67)20(9)21-10(4-16(59)33(64)37(21)68)51(77)84-44(19)48-47-28(26-30-27-23-12(53(79)85-46(27)43(74)41(26)72)6-18(61)35(66)45(23)86-55(30)81)25-29(54(80)87-47)24(39(70)42(73)40(25)71)22-11(52(78)88-48)5-17(60)34(65)38(22)69/h1-6,19,28,44,47-48,56-74H,7H2/t19?,28-,44+,47-,48-/m0/s1. The van der Waals surface area contributed by atoms with Crippen molar-refractivity contribution < 1.29 is 154 Å². The summed E-state index contributed by atoms with van der Waals surface area (Å²) >= 11 is 0. The number of hydrogen-bond acceptors (Lipinski definition) is 33. The molecule has 9 aromatic rings. The van der Waals surface area contributed by atoms with Gasteiger partial charge in [-0.05, 0) is 36.4 Å². The van der Waals surface area contributed by atoms with Crippen molar-refractivity contribution in [1.82, 2.24) is 0 Å². The lowest BCUT2D eigenvalue weighted by Crippen LogP contribution is -2.56. The summed E-state index contributed by atoms with van der Waals surface area (Å²) in [6.07, 6.45) is -12.2. The fourth-order valence-electron chi connectivity index (χ4n) is 11.1. The van der Waals surface area contributed by atoms with Crippen LogP contribution in [0.15, 0.2) is 54.8 Å². The van der Waals surface area contributed by atoms with E-state index in [1.165, 1.54) is 0 Å². The molecule has 2 aromatic heterocycles. The first-order chi connectivity index (χ1) is 41.5. The molecule has 3 aliphatic rings. The molecule has 7 aromatic carbocycles. The van der Waals surface area contributed by atoms with Gasteiger partial charge in [0.05, 0.1) is 44.5 Å². The molecule has 0 amide bonds. The van der Waals surface area contributed by atoms with Crippen LogP contribution in [-0.4, -0.2) is 158 Å². The second kappa shape index (κ2) is 18.8.